The Hall–Kier alpha value is -3.81. The van der Waals surface area contributed by atoms with Crippen molar-refractivity contribution in [3.63, 3.8) is 0 Å². The molecule has 0 amide bonds. The predicted molar refractivity (Wildman–Crippen MR) is 162 cm³/mol. The zero-order valence-corrected chi connectivity index (χ0v) is 24.8. The van der Waals surface area contributed by atoms with Gasteiger partial charge in [0, 0.05) is 22.9 Å². The van der Waals surface area contributed by atoms with Crippen molar-refractivity contribution in [2.24, 2.45) is 11.1 Å². The molecule has 6 rings (SSSR count). The zero-order chi connectivity index (χ0) is 29.5. The summed E-state index contributed by atoms with van der Waals surface area (Å²) in [6.45, 7) is 0. The summed E-state index contributed by atoms with van der Waals surface area (Å²) in [6.07, 6.45) is 3.10. The van der Waals surface area contributed by atoms with Gasteiger partial charge < -0.3 is 10.6 Å². The molecule has 1 saturated carbocycles. The Labute approximate surface area is 256 Å². The maximum absolute atomic E-state index is 14.8. The number of rotatable bonds is 9. The summed E-state index contributed by atoms with van der Waals surface area (Å²) in [4.78, 5) is 15.9. The van der Waals surface area contributed by atoms with Gasteiger partial charge in [-0.3, -0.25) is 0 Å². The van der Waals surface area contributed by atoms with Crippen molar-refractivity contribution in [3.05, 3.63) is 105 Å². The minimum absolute atomic E-state index is 0. The normalized spacial score (nSPS) is 13.5. The van der Waals surface area contributed by atoms with Crippen LogP contribution in [0.2, 0.25) is 5.02 Å². The van der Waals surface area contributed by atoms with E-state index in [1.807, 2.05) is 24.3 Å². The number of carboxylic acids is 1. The number of nitrogens with zero attached hydrogens (tertiary/aromatic N) is 3. The number of hydrogen-bond acceptors (Lipinski definition) is 6. The monoisotopic (exact) mass is 642 g/mol. The lowest BCUT2D eigenvalue weighted by atomic mass is 9.95. The minimum Gasteiger partial charge on any atom is -0.870 e. The largest absolute Gasteiger partial charge is 0.870 e. The fourth-order valence-corrected chi connectivity index (χ4v) is 6.28. The van der Waals surface area contributed by atoms with E-state index in [1.54, 1.807) is 16.8 Å². The maximum atomic E-state index is 14.8. The van der Waals surface area contributed by atoms with Crippen molar-refractivity contribution in [1.29, 1.82) is 0 Å². The maximum Gasteiger partial charge on any atom is 0.355 e. The van der Waals surface area contributed by atoms with Crippen molar-refractivity contribution in [1.82, 2.24) is 14.8 Å². The first kappa shape index (κ1) is 30.6. The number of aromatic nitrogens is 3. The van der Waals surface area contributed by atoms with Gasteiger partial charge in [0.15, 0.2) is 22.5 Å². The molecule has 0 spiro atoms. The summed E-state index contributed by atoms with van der Waals surface area (Å²) in [5.74, 6) is -1.87. The molecule has 1 unspecified atom stereocenters. The van der Waals surface area contributed by atoms with Gasteiger partial charge in [-0.2, -0.15) is 5.10 Å². The first-order valence-electron chi connectivity index (χ1n) is 13.0. The number of thiol groups is 1. The molecule has 13 heteroatoms. The molecule has 0 radical (unpaired) electrons. The highest BCUT2D eigenvalue weighted by atomic mass is 35.5. The lowest BCUT2D eigenvalue weighted by Crippen LogP contribution is -2.07. The van der Waals surface area contributed by atoms with E-state index in [0.29, 0.717) is 40.7 Å². The third-order valence-corrected chi connectivity index (χ3v) is 9.14. The number of aromatic carboxylic acids is 1. The van der Waals surface area contributed by atoms with Gasteiger partial charge in [0.05, 0.1) is 16.4 Å². The molecule has 1 fully saturated rings. The number of benzene rings is 3. The number of nitrogens with two attached hydrogens (primary N) is 1. The van der Waals surface area contributed by atoms with E-state index in [9.17, 15) is 22.9 Å². The third kappa shape index (κ3) is 6.43. The van der Waals surface area contributed by atoms with Gasteiger partial charge in [-0.05, 0) is 72.2 Å². The molecule has 2 heterocycles. The van der Waals surface area contributed by atoms with Gasteiger partial charge in [-0.25, -0.2) is 23.2 Å². The van der Waals surface area contributed by atoms with Gasteiger partial charge in [-0.1, -0.05) is 46.1 Å². The van der Waals surface area contributed by atoms with E-state index < -0.39 is 28.6 Å². The second-order valence-electron chi connectivity index (χ2n) is 10.2. The molecule has 43 heavy (non-hydrogen) atoms. The first-order chi connectivity index (χ1) is 20.2. The SMILES string of the molecule is N[SH+](=O)c1ccc(Cc2c(-c3cccc(-c4ccc(Cl)c(F)c4)c3)nn(-c3nc(C(=O)O)cs3)c2CC2CC2)cc1F.[OH-]. The van der Waals surface area contributed by atoms with Crippen molar-refractivity contribution < 1.29 is 28.4 Å². The molecule has 1 atom stereocenters. The van der Waals surface area contributed by atoms with Crippen LogP contribution in [0, 0.1) is 17.6 Å². The summed E-state index contributed by atoms with van der Waals surface area (Å²) in [5, 5.41) is 21.8. The van der Waals surface area contributed by atoms with Crippen LogP contribution in [-0.4, -0.2) is 31.3 Å². The topological polar surface area (TPSA) is 141 Å². The van der Waals surface area contributed by atoms with Crippen LogP contribution >= 0.6 is 22.9 Å². The number of carbonyl (C=O) groups is 1. The molecule has 0 aliphatic heterocycles. The first-order valence-corrected chi connectivity index (χ1v) is 15.6. The quantitative estimate of drug-likeness (QED) is 0.137. The second kappa shape index (κ2) is 12.4. The molecule has 3 aromatic carbocycles. The molecule has 2 aromatic heterocycles. The number of thiazole rings is 1. The molecular formula is C30H25ClF2N4O4S2. The van der Waals surface area contributed by atoms with Gasteiger partial charge in [-0.15, -0.1) is 16.5 Å². The van der Waals surface area contributed by atoms with Gasteiger partial charge in [0.1, 0.15) is 5.82 Å². The Bertz CT molecular complexity index is 1870. The smallest absolute Gasteiger partial charge is 0.355 e. The molecule has 222 valence electrons. The minimum atomic E-state index is -2.33. The number of hydrogen-bond donors (Lipinski definition) is 2. The standard InChI is InChI=1S/C30H23ClF2N4O3S2.H2O/c31-22-8-7-19(14-23(22)32)18-2-1-3-20(13-18)28-21(10-17-6-9-27(42(34)40)24(33)11-17)26(12-16-4-5-16)37(36-28)30-35-25(15-41-30)29(38)39;/h1-3,6-9,11,13-16H,4-5,10,12H2,(H2,34,40)(H,38,39);1H2. The van der Waals surface area contributed by atoms with Crippen LogP contribution in [0.4, 0.5) is 8.78 Å². The van der Waals surface area contributed by atoms with E-state index in [-0.39, 0.29) is 21.1 Å². The molecule has 1 aliphatic rings. The highest BCUT2D eigenvalue weighted by Gasteiger charge is 2.29. The molecular weight excluding hydrogens is 618 g/mol. The second-order valence-corrected chi connectivity index (χ2v) is 12.5. The summed E-state index contributed by atoms with van der Waals surface area (Å²) >= 11 is 7.07. The van der Waals surface area contributed by atoms with Crippen LogP contribution in [0.3, 0.4) is 0 Å². The van der Waals surface area contributed by atoms with E-state index >= 15 is 0 Å². The van der Waals surface area contributed by atoms with Crippen molar-refractivity contribution in [2.75, 3.05) is 0 Å². The van der Waals surface area contributed by atoms with E-state index in [0.717, 1.165) is 35.2 Å². The summed E-state index contributed by atoms with van der Waals surface area (Å²) < 4.78 is 42.5. The molecule has 5 aromatic rings. The fourth-order valence-electron chi connectivity index (χ4n) is 4.89. The Balaban J connectivity index is 0.00000368. The zero-order valence-electron chi connectivity index (χ0n) is 22.4. The van der Waals surface area contributed by atoms with Crippen LogP contribution < -0.4 is 5.14 Å². The van der Waals surface area contributed by atoms with E-state index in [4.69, 9.17) is 21.8 Å². The van der Waals surface area contributed by atoms with Gasteiger partial charge in [0.2, 0.25) is 10.0 Å². The van der Waals surface area contributed by atoms with E-state index in [1.165, 1.54) is 41.0 Å². The van der Waals surface area contributed by atoms with Crippen LogP contribution in [-0.2, 0) is 28.0 Å². The number of halogens is 3. The lowest BCUT2D eigenvalue weighted by molar-refractivity contribution is 0.0691. The Morgan fingerprint density at radius 3 is 2.47 bits per heavy atom. The van der Waals surface area contributed by atoms with Crippen LogP contribution in [0.5, 0.6) is 0 Å². The molecule has 1 aliphatic carbocycles. The molecule has 4 N–H and O–H groups in total. The lowest BCUT2D eigenvalue weighted by Gasteiger charge is -2.10. The molecule has 0 saturated heterocycles. The fraction of sp³-hybridized carbons (Fsp3) is 0.167. The van der Waals surface area contributed by atoms with Crippen molar-refractivity contribution in [3.8, 4) is 27.5 Å². The Kier molecular flexibility index (Phi) is 8.86. The van der Waals surface area contributed by atoms with Crippen LogP contribution in [0.25, 0.3) is 27.5 Å². The average molecular weight is 643 g/mol. The van der Waals surface area contributed by atoms with Gasteiger partial charge >= 0.3 is 5.97 Å². The summed E-state index contributed by atoms with van der Waals surface area (Å²) in [5.41, 5.74) is 4.98. The summed E-state index contributed by atoms with van der Waals surface area (Å²) in [6, 6.07) is 16.6. The van der Waals surface area contributed by atoms with Crippen LogP contribution in [0.1, 0.15) is 40.2 Å². The third-order valence-electron chi connectivity index (χ3n) is 7.18. The highest BCUT2D eigenvalue weighted by Crippen LogP contribution is 2.39. The molecule has 0 bridgehead atoms. The Morgan fingerprint density at radius 1 is 1.07 bits per heavy atom. The van der Waals surface area contributed by atoms with E-state index in [2.05, 4.69) is 4.98 Å². The van der Waals surface area contributed by atoms with Crippen molar-refractivity contribution in [2.45, 2.75) is 30.6 Å². The summed E-state index contributed by atoms with van der Waals surface area (Å²) in [7, 11) is -2.33. The van der Waals surface area contributed by atoms with Crippen LogP contribution in [0.15, 0.2) is 70.9 Å². The predicted octanol–water partition coefficient (Wildman–Crippen LogP) is 6.59. The van der Waals surface area contributed by atoms with Crippen molar-refractivity contribution >= 4 is 39.9 Å². The number of carboxylic acid groups (broad SMARTS) is 1. The molecule has 8 nitrogen and oxygen atoms in total. The highest BCUT2D eigenvalue weighted by molar-refractivity contribution is 7.82. The average Bonchev–Trinajstić information content (AvgIpc) is 3.52. The van der Waals surface area contributed by atoms with Gasteiger partial charge in [0.25, 0.3) is 0 Å². The Morgan fingerprint density at radius 2 is 1.81 bits per heavy atom.